The Kier molecular flexibility index (Phi) is 5.89. The summed E-state index contributed by atoms with van der Waals surface area (Å²) in [6.07, 6.45) is -1.41. The average Bonchev–Trinajstić information content (AvgIpc) is 2.45. The first kappa shape index (κ1) is 17.9. The van der Waals surface area contributed by atoms with Crippen molar-refractivity contribution in [3.8, 4) is 0 Å². The topological polar surface area (TPSA) is 136 Å². The normalized spacial score (nSPS) is 13.9. The Morgan fingerprint density at radius 2 is 1.91 bits per heavy atom. The lowest BCUT2D eigenvalue weighted by molar-refractivity contribution is -0.140. The highest BCUT2D eigenvalue weighted by Gasteiger charge is 2.48. The number of carbonyl (C=O) groups excluding carboxylic acids is 1. The second-order valence-electron chi connectivity index (χ2n) is 4.61. The molecule has 0 aliphatic heterocycles. The highest BCUT2D eigenvalue weighted by atomic mass is 32.2. The maximum Gasteiger partial charge on any atom is 0.421 e. The van der Waals surface area contributed by atoms with E-state index in [1.54, 1.807) is 37.3 Å². The smallest absolute Gasteiger partial charge is 0.421 e. The summed E-state index contributed by atoms with van der Waals surface area (Å²) in [5, 5.41) is 9.02. The fourth-order valence-electron chi connectivity index (χ4n) is 1.68. The van der Waals surface area contributed by atoms with Crippen LogP contribution in [0, 0.1) is 0 Å². The first-order valence-electron chi connectivity index (χ1n) is 6.48. The molecular formula is C13H18N2O6S. The van der Waals surface area contributed by atoms with Gasteiger partial charge in [0, 0.05) is 0 Å². The van der Waals surface area contributed by atoms with Gasteiger partial charge in [-0.15, -0.1) is 0 Å². The SMILES string of the molecule is CCCC(N)(C(=O)O)S(=O)(=O)NC(=O)OCc1ccccc1. The van der Waals surface area contributed by atoms with Gasteiger partial charge in [0.15, 0.2) is 0 Å². The largest absolute Gasteiger partial charge is 0.479 e. The zero-order valence-electron chi connectivity index (χ0n) is 12.0. The molecule has 1 rings (SSSR count). The molecule has 1 aromatic carbocycles. The van der Waals surface area contributed by atoms with Gasteiger partial charge in [-0.25, -0.2) is 22.7 Å². The number of benzene rings is 1. The van der Waals surface area contributed by atoms with Crippen molar-refractivity contribution in [2.24, 2.45) is 5.73 Å². The highest BCUT2D eigenvalue weighted by Crippen LogP contribution is 2.17. The van der Waals surface area contributed by atoms with Crippen LogP contribution in [0.5, 0.6) is 0 Å². The van der Waals surface area contributed by atoms with Crippen molar-refractivity contribution in [2.75, 3.05) is 0 Å². The van der Waals surface area contributed by atoms with Crippen LogP contribution in [0.1, 0.15) is 25.3 Å². The molecular weight excluding hydrogens is 312 g/mol. The summed E-state index contributed by atoms with van der Waals surface area (Å²) in [7, 11) is -4.63. The number of carboxylic acids is 1. The van der Waals surface area contributed by atoms with Crippen LogP contribution in [-0.2, 0) is 26.2 Å². The number of hydrogen-bond acceptors (Lipinski definition) is 6. The number of ether oxygens (including phenoxy) is 1. The Hall–Kier alpha value is -2.13. The van der Waals surface area contributed by atoms with Gasteiger partial charge in [0.05, 0.1) is 0 Å². The number of aliphatic carboxylic acids is 1. The maximum atomic E-state index is 12.0. The van der Waals surface area contributed by atoms with Crippen LogP contribution in [0.15, 0.2) is 30.3 Å². The lowest BCUT2D eigenvalue weighted by Gasteiger charge is -2.23. The van der Waals surface area contributed by atoms with E-state index in [9.17, 15) is 18.0 Å². The fraction of sp³-hybridized carbons (Fsp3) is 0.385. The van der Waals surface area contributed by atoms with Crippen molar-refractivity contribution in [1.29, 1.82) is 0 Å². The van der Waals surface area contributed by atoms with Crippen LogP contribution < -0.4 is 10.5 Å². The van der Waals surface area contributed by atoms with Crippen LogP contribution in [0.3, 0.4) is 0 Å². The zero-order valence-corrected chi connectivity index (χ0v) is 12.8. The van der Waals surface area contributed by atoms with E-state index in [1.165, 1.54) is 4.72 Å². The number of hydrogen-bond donors (Lipinski definition) is 3. The van der Waals surface area contributed by atoms with Gasteiger partial charge in [0.1, 0.15) is 6.61 Å². The summed E-state index contributed by atoms with van der Waals surface area (Å²) in [4.78, 5) is 20.1. The van der Waals surface area contributed by atoms with Crippen molar-refractivity contribution in [3.05, 3.63) is 35.9 Å². The van der Waals surface area contributed by atoms with Crippen molar-refractivity contribution >= 4 is 22.1 Å². The number of sulfonamides is 1. The standard InChI is InChI=1S/C13H18N2O6S/c1-2-8-13(14,11(16)17)22(19,20)15-12(18)21-9-10-6-4-3-5-7-10/h3-7H,2,8-9,14H2,1H3,(H,15,18)(H,16,17). The van der Waals surface area contributed by atoms with Gasteiger partial charge in [0.25, 0.3) is 10.0 Å². The van der Waals surface area contributed by atoms with E-state index in [-0.39, 0.29) is 19.4 Å². The third-order valence-electron chi connectivity index (χ3n) is 2.89. The lowest BCUT2D eigenvalue weighted by Crippen LogP contribution is -2.59. The summed E-state index contributed by atoms with van der Waals surface area (Å²) in [6.45, 7) is 1.43. The maximum absolute atomic E-state index is 12.0. The van der Waals surface area contributed by atoms with Crippen LogP contribution in [0.2, 0.25) is 0 Å². The summed E-state index contributed by atoms with van der Waals surface area (Å²) in [5.74, 6) is -1.74. The van der Waals surface area contributed by atoms with Crippen LogP contribution in [0.4, 0.5) is 4.79 Å². The van der Waals surface area contributed by atoms with E-state index in [0.717, 1.165) is 0 Å². The zero-order chi connectivity index (χ0) is 16.8. The van der Waals surface area contributed by atoms with Gasteiger partial charge in [-0.05, 0) is 12.0 Å². The van der Waals surface area contributed by atoms with E-state index in [4.69, 9.17) is 15.6 Å². The number of nitrogens with one attached hydrogen (secondary N) is 1. The highest BCUT2D eigenvalue weighted by molar-refractivity contribution is 7.92. The van der Waals surface area contributed by atoms with Gasteiger partial charge < -0.3 is 15.6 Å². The third-order valence-corrected chi connectivity index (χ3v) is 4.67. The fourth-order valence-corrected chi connectivity index (χ4v) is 2.84. The van der Waals surface area contributed by atoms with Gasteiger partial charge in [-0.2, -0.15) is 0 Å². The Morgan fingerprint density at radius 3 is 2.41 bits per heavy atom. The molecule has 0 aromatic heterocycles. The molecule has 1 atom stereocenters. The molecule has 0 fully saturated rings. The Balaban J connectivity index is 2.74. The van der Waals surface area contributed by atoms with Crippen LogP contribution in [0.25, 0.3) is 0 Å². The minimum atomic E-state index is -4.63. The number of amides is 1. The predicted molar refractivity (Wildman–Crippen MR) is 78.1 cm³/mol. The first-order valence-corrected chi connectivity index (χ1v) is 7.96. The average molecular weight is 330 g/mol. The quantitative estimate of drug-likeness (QED) is 0.672. The van der Waals surface area contributed by atoms with E-state index in [1.807, 2.05) is 0 Å². The summed E-state index contributed by atoms with van der Waals surface area (Å²) in [6, 6.07) is 8.59. The van der Waals surface area contributed by atoms with E-state index < -0.39 is 27.0 Å². The summed E-state index contributed by atoms with van der Waals surface area (Å²) >= 11 is 0. The number of carboxylic acid groups (broad SMARTS) is 1. The summed E-state index contributed by atoms with van der Waals surface area (Å²) < 4.78 is 30.3. The van der Waals surface area contributed by atoms with Crippen molar-refractivity contribution in [2.45, 2.75) is 31.2 Å². The molecule has 4 N–H and O–H groups in total. The monoisotopic (exact) mass is 330 g/mol. The van der Waals surface area contributed by atoms with Gasteiger partial charge in [0.2, 0.25) is 4.87 Å². The molecule has 1 aromatic rings. The van der Waals surface area contributed by atoms with Crippen molar-refractivity contribution < 1.29 is 27.9 Å². The Bertz CT molecular complexity index is 631. The molecule has 0 bridgehead atoms. The molecule has 0 spiro atoms. The van der Waals surface area contributed by atoms with E-state index >= 15 is 0 Å². The van der Waals surface area contributed by atoms with Gasteiger partial charge in [-0.3, -0.25) is 0 Å². The first-order chi connectivity index (χ1) is 10.2. The predicted octanol–water partition coefficient (Wildman–Crippen LogP) is 0.782. The number of rotatable bonds is 7. The minimum Gasteiger partial charge on any atom is -0.479 e. The molecule has 8 nitrogen and oxygen atoms in total. The molecule has 0 aliphatic rings. The van der Waals surface area contributed by atoms with Crippen LogP contribution in [-0.4, -0.2) is 30.5 Å². The number of nitrogens with two attached hydrogens (primary N) is 1. The lowest BCUT2D eigenvalue weighted by atomic mass is 10.2. The van der Waals surface area contributed by atoms with Gasteiger partial charge in [-0.1, -0.05) is 43.7 Å². The molecule has 0 heterocycles. The molecule has 0 saturated heterocycles. The molecule has 1 unspecified atom stereocenters. The van der Waals surface area contributed by atoms with E-state index in [0.29, 0.717) is 5.56 Å². The molecule has 0 radical (unpaired) electrons. The van der Waals surface area contributed by atoms with Crippen LogP contribution >= 0.6 is 0 Å². The molecule has 0 aliphatic carbocycles. The van der Waals surface area contributed by atoms with Crippen molar-refractivity contribution in [1.82, 2.24) is 4.72 Å². The van der Waals surface area contributed by atoms with Crippen molar-refractivity contribution in [3.63, 3.8) is 0 Å². The molecule has 22 heavy (non-hydrogen) atoms. The second kappa shape index (κ2) is 7.23. The Morgan fingerprint density at radius 1 is 1.32 bits per heavy atom. The minimum absolute atomic E-state index is 0.152. The van der Waals surface area contributed by atoms with E-state index in [2.05, 4.69) is 0 Å². The molecule has 122 valence electrons. The molecule has 1 amide bonds. The van der Waals surface area contributed by atoms with Gasteiger partial charge >= 0.3 is 12.1 Å². The number of carbonyl (C=O) groups is 2. The second-order valence-corrected chi connectivity index (χ2v) is 6.55. The third kappa shape index (κ3) is 4.18. The molecule has 0 saturated carbocycles. The Labute approximate surface area is 128 Å². The molecule has 9 heteroatoms. The summed E-state index contributed by atoms with van der Waals surface area (Å²) in [5.41, 5.74) is 6.08.